The number of aryl methyl sites for hydroxylation is 1. The standard InChI is InChI=1S/C8H8FN/c1-6-5-8(7(2)9)3-4-10-6/h3-5H,2H2,1H3. The third-order valence-corrected chi connectivity index (χ3v) is 1.21. The van der Waals surface area contributed by atoms with Crippen molar-refractivity contribution in [2.24, 2.45) is 0 Å². The molecule has 0 atom stereocenters. The third kappa shape index (κ3) is 1.41. The molecule has 0 radical (unpaired) electrons. The Morgan fingerprint density at radius 1 is 1.70 bits per heavy atom. The fraction of sp³-hybridized carbons (Fsp3) is 0.125. The van der Waals surface area contributed by atoms with Gasteiger partial charge in [-0.05, 0) is 19.1 Å². The minimum Gasteiger partial charge on any atom is -0.262 e. The van der Waals surface area contributed by atoms with Crippen LogP contribution < -0.4 is 0 Å². The molecule has 0 bridgehead atoms. The van der Waals surface area contributed by atoms with Crippen molar-refractivity contribution in [3.63, 3.8) is 0 Å². The summed E-state index contributed by atoms with van der Waals surface area (Å²) in [4.78, 5) is 3.91. The third-order valence-electron chi connectivity index (χ3n) is 1.21. The van der Waals surface area contributed by atoms with E-state index in [9.17, 15) is 4.39 Å². The zero-order chi connectivity index (χ0) is 7.56. The fourth-order valence-corrected chi connectivity index (χ4v) is 0.714. The Bertz CT molecular complexity index is 255. The average Bonchev–Trinajstić information content (AvgIpc) is 1.88. The summed E-state index contributed by atoms with van der Waals surface area (Å²) in [5, 5.41) is 0. The molecule has 1 rings (SSSR count). The lowest BCUT2D eigenvalue weighted by molar-refractivity contribution is 0.762. The van der Waals surface area contributed by atoms with Gasteiger partial charge < -0.3 is 0 Å². The molecule has 1 nitrogen and oxygen atoms in total. The van der Waals surface area contributed by atoms with Crippen LogP contribution in [0, 0.1) is 6.92 Å². The molecule has 0 aromatic carbocycles. The zero-order valence-electron chi connectivity index (χ0n) is 5.76. The van der Waals surface area contributed by atoms with Crippen molar-refractivity contribution in [3.05, 3.63) is 36.2 Å². The van der Waals surface area contributed by atoms with Crippen molar-refractivity contribution >= 4 is 5.83 Å². The maximum atomic E-state index is 12.4. The summed E-state index contributed by atoms with van der Waals surface area (Å²) < 4.78 is 12.4. The predicted octanol–water partition coefficient (Wildman–Crippen LogP) is 2.33. The summed E-state index contributed by atoms with van der Waals surface area (Å²) in [5.74, 6) is -0.412. The van der Waals surface area contributed by atoms with Crippen molar-refractivity contribution in [2.75, 3.05) is 0 Å². The van der Waals surface area contributed by atoms with Crippen LogP contribution in [-0.4, -0.2) is 4.98 Å². The van der Waals surface area contributed by atoms with Crippen LogP contribution in [0.5, 0.6) is 0 Å². The topological polar surface area (TPSA) is 12.9 Å². The summed E-state index contributed by atoms with van der Waals surface area (Å²) in [5.41, 5.74) is 1.31. The Morgan fingerprint density at radius 2 is 2.40 bits per heavy atom. The van der Waals surface area contributed by atoms with Gasteiger partial charge in [0.15, 0.2) is 0 Å². The second kappa shape index (κ2) is 2.60. The molecule has 0 saturated heterocycles. The molecule has 0 aliphatic carbocycles. The van der Waals surface area contributed by atoms with E-state index in [1.807, 2.05) is 6.92 Å². The van der Waals surface area contributed by atoms with Gasteiger partial charge in [0.1, 0.15) is 5.83 Å². The highest BCUT2D eigenvalue weighted by Crippen LogP contribution is 2.12. The summed E-state index contributed by atoms with van der Waals surface area (Å²) in [7, 11) is 0. The molecule has 0 fully saturated rings. The first-order chi connectivity index (χ1) is 4.70. The highest BCUT2D eigenvalue weighted by Gasteiger charge is 1.95. The first-order valence-electron chi connectivity index (χ1n) is 2.97. The molecule has 0 N–H and O–H groups in total. The normalized spacial score (nSPS) is 9.40. The van der Waals surface area contributed by atoms with Crippen LogP contribution in [0.3, 0.4) is 0 Å². The smallest absolute Gasteiger partial charge is 0.123 e. The van der Waals surface area contributed by atoms with Gasteiger partial charge in [-0.15, -0.1) is 0 Å². The second-order valence-corrected chi connectivity index (χ2v) is 2.09. The quantitative estimate of drug-likeness (QED) is 0.578. The van der Waals surface area contributed by atoms with Gasteiger partial charge in [-0.1, -0.05) is 6.58 Å². The largest absolute Gasteiger partial charge is 0.262 e. The summed E-state index contributed by atoms with van der Waals surface area (Å²) in [6, 6.07) is 3.25. The van der Waals surface area contributed by atoms with Crippen molar-refractivity contribution in [3.8, 4) is 0 Å². The maximum absolute atomic E-state index is 12.4. The molecule has 0 saturated carbocycles. The fourth-order valence-electron chi connectivity index (χ4n) is 0.714. The van der Waals surface area contributed by atoms with Gasteiger partial charge in [0.25, 0.3) is 0 Å². The highest BCUT2D eigenvalue weighted by molar-refractivity contribution is 5.56. The van der Waals surface area contributed by atoms with Crippen LogP contribution >= 0.6 is 0 Å². The SMILES string of the molecule is C=C(F)c1ccnc(C)c1. The Morgan fingerprint density at radius 3 is 2.80 bits per heavy atom. The van der Waals surface area contributed by atoms with E-state index < -0.39 is 5.83 Å². The molecule has 0 unspecified atom stereocenters. The number of pyridine rings is 1. The van der Waals surface area contributed by atoms with E-state index in [1.165, 1.54) is 0 Å². The van der Waals surface area contributed by atoms with Crippen molar-refractivity contribution in [1.29, 1.82) is 0 Å². The minimum atomic E-state index is -0.412. The molecule has 0 amide bonds. The van der Waals surface area contributed by atoms with Gasteiger partial charge in [0.05, 0.1) is 0 Å². The monoisotopic (exact) mass is 137 g/mol. The van der Waals surface area contributed by atoms with E-state index in [0.717, 1.165) is 5.69 Å². The molecule has 0 aliphatic heterocycles. The number of hydrogen-bond donors (Lipinski definition) is 0. The number of hydrogen-bond acceptors (Lipinski definition) is 1. The second-order valence-electron chi connectivity index (χ2n) is 2.09. The lowest BCUT2D eigenvalue weighted by Crippen LogP contribution is -1.81. The van der Waals surface area contributed by atoms with Crippen LogP contribution in [0.4, 0.5) is 4.39 Å². The molecule has 0 spiro atoms. The molecular weight excluding hydrogens is 129 g/mol. The van der Waals surface area contributed by atoms with E-state index in [0.29, 0.717) is 5.56 Å². The van der Waals surface area contributed by atoms with Crippen LogP contribution in [0.25, 0.3) is 5.83 Å². The summed E-state index contributed by atoms with van der Waals surface area (Å²) in [6.07, 6.45) is 1.56. The van der Waals surface area contributed by atoms with Gasteiger partial charge in [-0.2, -0.15) is 0 Å². The highest BCUT2D eigenvalue weighted by atomic mass is 19.1. The molecular formula is C8H8FN. The van der Waals surface area contributed by atoms with Gasteiger partial charge in [-0.3, -0.25) is 4.98 Å². The summed E-state index contributed by atoms with van der Waals surface area (Å²) >= 11 is 0. The molecule has 0 aliphatic rings. The molecule has 1 aromatic rings. The number of rotatable bonds is 1. The first kappa shape index (κ1) is 6.93. The van der Waals surface area contributed by atoms with Crippen LogP contribution in [0.15, 0.2) is 24.9 Å². The zero-order valence-corrected chi connectivity index (χ0v) is 5.76. The van der Waals surface area contributed by atoms with E-state index in [1.54, 1.807) is 18.3 Å². The average molecular weight is 137 g/mol. The lowest BCUT2D eigenvalue weighted by Gasteiger charge is -1.95. The van der Waals surface area contributed by atoms with E-state index in [-0.39, 0.29) is 0 Å². The Labute approximate surface area is 59.2 Å². The predicted molar refractivity (Wildman–Crippen MR) is 39.1 cm³/mol. The van der Waals surface area contributed by atoms with Crippen LogP contribution in [0.2, 0.25) is 0 Å². The molecule has 2 heteroatoms. The van der Waals surface area contributed by atoms with E-state index >= 15 is 0 Å². The Balaban J connectivity index is 3.07. The number of aromatic nitrogens is 1. The molecule has 52 valence electrons. The lowest BCUT2D eigenvalue weighted by atomic mass is 10.2. The number of halogens is 1. The Hall–Kier alpha value is -1.18. The van der Waals surface area contributed by atoms with Gasteiger partial charge in [0, 0.05) is 17.5 Å². The molecule has 1 heterocycles. The van der Waals surface area contributed by atoms with Crippen molar-refractivity contribution in [1.82, 2.24) is 4.98 Å². The van der Waals surface area contributed by atoms with Gasteiger partial charge in [-0.25, -0.2) is 4.39 Å². The van der Waals surface area contributed by atoms with E-state index in [4.69, 9.17) is 0 Å². The Kier molecular flexibility index (Phi) is 1.81. The van der Waals surface area contributed by atoms with Crippen LogP contribution in [0.1, 0.15) is 11.3 Å². The summed E-state index contributed by atoms with van der Waals surface area (Å²) in [6.45, 7) is 4.98. The number of nitrogens with zero attached hydrogens (tertiary/aromatic N) is 1. The first-order valence-corrected chi connectivity index (χ1v) is 2.97. The van der Waals surface area contributed by atoms with E-state index in [2.05, 4.69) is 11.6 Å². The van der Waals surface area contributed by atoms with Crippen LogP contribution in [-0.2, 0) is 0 Å². The molecule has 1 aromatic heterocycles. The van der Waals surface area contributed by atoms with Crippen molar-refractivity contribution < 1.29 is 4.39 Å². The van der Waals surface area contributed by atoms with Gasteiger partial charge >= 0.3 is 0 Å². The maximum Gasteiger partial charge on any atom is 0.123 e. The minimum absolute atomic E-state index is 0.412. The van der Waals surface area contributed by atoms with Gasteiger partial charge in [0.2, 0.25) is 0 Å². The van der Waals surface area contributed by atoms with Crippen molar-refractivity contribution in [2.45, 2.75) is 6.92 Å². The molecule has 10 heavy (non-hydrogen) atoms.